The summed E-state index contributed by atoms with van der Waals surface area (Å²) in [6, 6.07) is 10.6. The highest BCUT2D eigenvalue weighted by Gasteiger charge is 2.45. The Morgan fingerprint density at radius 2 is 1.65 bits per heavy atom. The third-order valence-corrected chi connectivity index (χ3v) is 9.54. The number of amides is 1. The van der Waals surface area contributed by atoms with Crippen LogP contribution in [0, 0.1) is 17.2 Å². The fourth-order valence-electron chi connectivity index (χ4n) is 5.40. The first kappa shape index (κ1) is 28.5. The first-order valence-corrected chi connectivity index (χ1v) is 15.8. The summed E-state index contributed by atoms with van der Waals surface area (Å²) in [5, 5.41) is 11.7. The van der Waals surface area contributed by atoms with Gasteiger partial charge in [0.1, 0.15) is 17.5 Å². The van der Waals surface area contributed by atoms with Gasteiger partial charge in [-0.15, -0.1) is 0 Å². The van der Waals surface area contributed by atoms with Crippen molar-refractivity contribution < 1.29 is 22.2 Å². The van der Waals surface area contributed by atoms with Crippen molar-refractivity contribution >= 4 is 28.4 Å². The maximum absolute atomic E-state index is 13.3. The van der Waals surface area contributed by atoms with E-state index < -0.39 is 22.3 Å². The molecule has 2 saturated heterocycles. The van der Waals surface area contributed by atoms with E-state index in [-0.39, 0.29) is 37.8 Å². The predicted molar refractivity (Wildman–Crippen MR) is 151 cm³/mol. The molecule has 0 bridgehead atoms. The van der Waals surface area contributed by atoms with E-state index in [1.807, 2.05) is 24.3 Å². The summed E-state index contributed by atoms with van der Waals surface area (Å²) < 4.78 is 43.5. The summed E-state index contributed by atoms with van der Waals surface area (Å²) in [5.41, 5.74) is 2.25. The molecule has 0 radical (unpaired) electrons. The third kappa shape index (κ3) is 7.19. The SMILES string of the molecule is N#CC1(NC(=O)C2CCCCC2)CC1.O=S1CCN(c2ccc(-c3coc(N4CCC(F)(F)CC4)n3)cc2)CC1. The minimum atomic E-state index is -2.58. The molecule has 11 heteroatoms. The van der Waals surface area contributed by atoms with Gasteiger partial charge in [-0.1, -0.05) is 31.4 Å². The minimum absolute atomic E-state index is 0.115. The van der Waals surface area contributed by atoms with Gasteiger partial charge in [0.25, 0.3) is 11.9 Å². The number of hydrogen-bond donors (Lipinski definition) is 1. The van der Waals surface area contributed by atoms with Crippen LogP contribution >= 0.6 is 0 Å². The highest BCUT2D eigenvalue weighted by Crippen LogP contribution is 2.36. The maximum atomic E-state index is 13.3. The van der Waals surface area contributed by atoms with E-state index in [9.17, 15) is 17.8 Å². The molecule has 216 valence electrons. The lowest BCUT2D eigenvalue weighted by molar-refractivity contribution is -0.126. The lowest BCUT2D eigenvalue weighted by atomic mass is 9.88. The van der Waals surface area contributed by atoms with Gasteiger partial charge in [-0.25, -0.2) is 8.78 Å². The molecule has 2 aliphatic heterocycles. The van der Waals surface area contributed by atoms with Crippen molar-refractivity contribution in [3.8, 4) is 17.3 Å². The van der Waals surface area contributed by atoms with Crippen molar-refractivity contribution in [2.24, 2.45) is 5.92 Å². The van der Waals surface area contributed by atoms with Crippen LogP contribution in [0.3, 0.4) is 0 Å². The fraction of sp³-hybridized carbons (Fsp3) is 0.621. The molecule has 1 N–H and O–H groups in total. The van der Waals surface area contributed by atoms with Gasteiger partial charge < -0.3 is 19.5 Å². The predicted octanol–water partition coefficient (Wildman–Crippen LogP) is 4.88. The van der Waals surface area contributed by atoms with Gasteiger partial charge >= 0.3 is 0 Å². The molecule has 4 aliphatic rings. The Hall–Kier alpha value is -3.00. The zero-order chi connectivity index (χ0) is 28.2. The Bertz CT molecular complexity index is 1220. The summed E-state index contributed by atoms with van der Waals surface area (Å²) >= 11 is 0. The van der Waals surface area contributed by atoms with Crippen LogP contribution in [-0.4, -0.2) is 64.2 Å². The van der Waals surface area contributed by atoms with Gasteiger partial charge in [-0.2, -0.15) is 10.2 Å². The summed E-state index contributed by atoms with van der Waals surface area (Å²) in [6.07, 6.45) is 8.51. The Morgan fingerprint density at radius 1 is 1.00 bits per heavy atom. The van der Waals surface area contributed by atoms with Crippen LogP contribution in [0.1, 0.15) is 57.8 Å². The number of hydrogen-bond acceptors (Lipinski definition) is 7. The Kier molecular flexibility index (Phi) is 8.74. The van der Waals surface area contributed by atoms with Crippen molar-refractivity contribution in [3.05, 3.63) is 30.5 Å². The number of piperidine rings is 1. The van der Waals surface area contributed by atoms with Crippen molar-refractivity contribution in [3.63, 3.8) is 0 Å². The quantitative estimate of drug-likeness (QED) is 0.544. The molecule has 40 heavy (non-hydrogen) atoms. The number of alkyl halides is 2. The number of anilines is 2. The number of nitrogens with zero attached hydrogens (tertiary/aromatic N) is 4. The van der Waals surface area contributed by atoms with Gasteiger partial charge in [-0.05, 0) is 37.8 Å². The third-order valence-electron chi connectivity index (χ3n) is 8.27. The number of benzene rings is 1. The monoisotopic (exact) mass is 573 g/mol. The summed E-state index contributed by atoms with van der Waals surface area (Å²) in [7, 11) is -0.689. The number of rotatable bonds is 5. The molecule has 0 unspecified atom stereocenters. The second-order valence-corrected chi connectivity index (χ2v) is 13.0. The molecule has 0 atom stereocenters. The number of nitriles is 1. The fourth-order valence-corrected chi connectivity index (χ4v) is 6.45. The van der Waals surface area contributed by atoms with Crippen LogP contribution in [0.15, 0.2) is 34.9 Å². The average molecular weight is 574 g/mol. The van der Waals surface area contributed by atoms with Gasteiger partial charge in [0.15, 0.2) is 0 Å². The molecule has 1 aromatic carbocycles. The van der Waals surface area contributed by atoms with Crippen LogP contribution in [0.2, 0.25) is 0 Å². The largest absolute Gasteiger partial charge is 0.431 e. The van der Waals surface area contributed by atoms with Gasteiger partial charge in [0.2, 0.25) is 5.91 Å². The number of nitrogens with one attached hydrogen (secondary N) is 1. The zero-order valence-electron chi connectivity index (χ0n) is 22.7. The number of oxazole rings is 1. The summed E-state index contributed by atoms with van der Waals surface area (Å²) in [4.78, 5) is 20.2. The lowest BCUT2D eigenvalue weighted by Crippen LogP contribution is -2.40. The molecule has 2 aromatic rings. The Balaban J connectivity index is 0.000000194. The molecular weight excluding hydrogens is 536 g/mol. The maximum Gasteiger partial charge on any atom is 0.297 e. The molecule has 1 aromatic heterocycles. The van der Waals surface area contributed by atoms with E-state index in [0.29, 0.717) is 23.2 Å². The first-order valence-electron chi connectivity index (χ1n) is 14.3. The van der Waals surface area contributed by atoms with E-state index in [1.165, 1.54) is 6.42 Å². The van der Waals surface area contributed by atoms with Crippen LogP contribution in [0.5, 0.6) is 0 Å². The van der Waals surface area contributed by atoms with Crippen LogP contribution < -0.4 is 15.1 Å². The number of carbonyl (C=O) groups is 1. The number of carbonyl (C=O) groups excluding carboxylic acids is 1. The van der Waals surface area contributed by atoms with Crippen molar-refractivity contribution in [2.75, 3.05) is 47.5 Å². The average Bonchev–Trinajstić information content (AvgIpc) is 3.58. The molecule has 4 fully saturated rings. The molecule has 2 saturated carbocycles. The van der Waals surface area contributed by atoms with Crippen molar-refractivity contribution in [1.29, 1.82) is 5.26 Å². The lowest BCUT2D eigenvalue weighted by Gasteiger charge is -2.30. The standard InChI is InChI=1S/C18H21F2N3O2S.C11H16N2O/c19-18(20)5-7-23(8-6-18)17-21-16(13-25-17)14-1-3-15(4-2-14)22-9-11-26(24)12-10-22;12-8-11(6-7-11)13-10(14)9-4-2-1-3-5-9/h1-4,13H,5-12H2;9H,1-7H2,(H,13,14). The molecule has 2 aliphatic carbocycles. The molecular formula is C29H37F2N5O3S. The minimum Gasteiger partial charge on any atom is -0.431 e. The summed E-state index contributed by atoms with van der Waals surface area (Å²) in [5.74, 6) is -0.867. The first-order chi connectivity index (χ1) is 19.3. The van der Waals surface area contributed by atoms with Crippen LogP contribution in [-0.2, 0) is 15.6 Å². The molecule has 3 heterocycles. The Labute approximate surface area is 236 Å². The van der Waals surface area contributed by atoms with Gasteiger partial charge in [0.05, 0.1) is 6.07 Å². The van der Waals surface area contributed by atoms with Gasteiger partial charge in [-0.3, -0.25) is 9.00 Å². The van der Waals surface area contributed by atoms with Crippen LogP contribution in [0.4, 0.5) is 20.5 Å². The molecule has 8 nitrogen and oxygen atoms in total. The number of halogens is 2. The summed E-state index contributed by atoms with van der Waals surface area (Å²) in [6.45, 7) is 2.11. The topological polar surface area (TPSA) is 102 Å². The second kappa shape index (κ2) is 12.2. The second-order valence-electron chi connectivity index (χ2n) is 11.3. The van der Waals surface area contributed by atoms with Crippen LogP contribution in [0.25, 0.3) is 11.3 Å². The van der Waals surface area contributed by atoms with E-state index in [4.69, 9.17) is 9.68 Å². The van der Waals surface area contributed by atoms with E-state index in [0.717, 1.165) is 62.9 Å². The van der Waals surface area contributed by atoms with Crippen molar-refractivity contribution in [2.45, 2.75) is 69.2 Å². The highest BCUT2D eigenvalue weighted by atomic mass is 32.2. The normalized spacial score (nSPS) is 22.5. The highest BCUT2D eigenvalue weighted by molar-refractivity contribution is 7.85. The molecule has 0 spiro atoms. The molecule has 6 rings (SSSR count). The van der Waals surface area contributed by atoms with E-state index in [2.05, 4.69) is 21.3 Å². The smallest absolute Gasteiger partial charge is 0.297 e. The Morgan fingerprint density at radius 3 is 2.25 bits per heavy atom. The van der Waals surface area contributed by atoms with Gasteiger partial charge in [0, 0.05) is 78.5 Å². The van der Waals surface area contributed by atoms with Crippen molar-refractivity contribution in [1.82, 2.24) is 10.3 Å². The zero-order valence-corrected chi connectivity index (χ0v) is 23.6. The van der Waals surface area contributed by atoms with E-state index >= 15 is 0 Å². The van der Waals surface area contributed by atoms with E-state index in [1.54, 1.807) is 11.2 Å². The molecule has 1 amide bonds. The number of aromatic nitrogens is 1.